The lowest BCUT2D eigenvalue weighted by Gasteiger charge is -2.23. The van der Waals surface area contributed by atoms with Crippen molar-refractivity contribution in [1.82, 2.24) is 0 Å². The van der Waals surface area contributed by atoms with Gasteiger partial charge in [0.2, 0.25) is 0 Å². The molecule has 0 saturated carbocycles. The molecule has 1 aliphatic heterocycles. The third-order valence-electron chi connectivity index (χ3n) is 5.44. The Balaban J connectivity index is 1.78. The van der Waals surface area contributed by atoms with Crippen LogP contribution in [0.2, 0.25) is 0 Å². The number of carbonyl (C=O) groups excluding carboxylic acids is 1. The predicted molar refractivity (Wildman–Crippen MR) is 95.0 cm³/mol. The van der Waals surface area contributed by atoms with E-state index in [4.69, 9.17) is 4.74 Å². The number of rotatable bonds is 3. The molecule has 0 N–H and O–H groups in total. The van der Waals surface area contributed by atoms with E-state index in [-0.39, 0.29) is 23.2 Å². The molecule has 1 heterocycles. The van der Waals surface area contributed by atoms with Crippen molar-refractivity contribution < 1.29 is 9.53 Å². The van der Waals surface area contributed by atoms with Crippen LogP contribution in [0.25, 0.3) is 0 Å². The molecule has 1 saturated heterocycles. The van der Waals surface area contributed by atoms with E-state index in [0.717, 1.165) is 5.56 Å². The summed E-state index contributed by atoms with van der Waals surface area (Å²) < 4.78 is 6.01. The van der Waals surface area contributed by atoms with Crippen LogP contribution in [-0.4, -0.2) is 18.0 Å². The Morgan fingerprint density at radius 1 is 1.00 bits per heavy atom. The van der Waals surface area contributed by atoms with Crippen molar-refractivity contribution in [3.63, 3.8) is 0 Å². The number of Topliss-reactive ketones (excluding diaryl/α,β-unsaturated/α-hetero) is 1. The molecule has 2 nitrogen and oxygen atoms in total. The van der Waals surface area contributed by atoms with Crippen LogP contribution in [0.15, 0.2) is 72.3 Å². The minimum atomic E-state index is -0.274. The van der Waals surface area contributed by atoms with Gasteiger partial charge in [-0.1, -0.05) is 66.7 Å². The summed E-state index contributed by atoms with van der Waals surface area (Å²) >= 11 is 0. The van der Waals surface area contributed by atoms with Crippen LogP contribution >= 0.6 is 0 Å². The normalized spacial score (nSPS) is 27.6. The topological polar surface area (TPSA) is 26.3 Å². The molecular weight excluding hydrogens is 296 g/mol. The van der Waals surface area contributed by atoms with Crippen molar-refractivity contribution >= 4 is 5.78 Å². The van der Waals surface area contributed by atoms with Crippen molar-refractivity contribution in [3.8, 4) is 0 Å². The second kappa shape index (κ2) is 5.71. The molecule has 1 fully saturated rings. The summed E-state index contributed by atoms with van der Waals surface area (Å²) in [5.74, 6) is 0.552. The van der Waals surface area contributed by atoms with Gasteiger partial charge < -0.3 is 4.74 Å². The molecule has 1 aliphatic carbocycles. The fourth-order valence-corrected chi connectivity index (χ4v) is 4.24. The summed E-state index contributed by atoms with van der Waals surface area (Å²) in [6.45, 7) is 4.91. The molecule has 2 aliphatic rings. The van der Waals surface area contributed by atoms with Gasteiger partial charge >= 0.3 is 0 Å². The molecule has 2 aromatic rings. The van der Waals surface area contributed by atoms with E-state index in [0.29, 0.717) is 12.5 Å². The van der Waals surface area contributed by atoms with Gasteiger partial charge in [0.05, 0.1) is 12.2 Å². The van der Waals surface area contributed by atoms with Gasteiger partial charge in [-0.2, -0.15) is 0 Å². The van der Waals surface area contributed by atoms with Crippen molar-refractivity contribution in [3.05, 3.63) is 83.4 Å². The first-order valence-electron chi connectivity index (χ1n) is 8.58. The van der Waals surface area contributed by atoms with E-state index in [1.54, 1.807) is 0 Å². The SMILES string of the molecule is CC1(C)OC[C@H]2C1=C[C@@H](C(=O)c1ccccc1)[C@@H]2c1ccccc1. The molecule has 24 heavy (non-hydrogen) atoms. The molecule has 0 radical (unpaired) electrons. The Labute approximate surface area is 143 Å². The summed E-state index contributed by atoms with van der Waals surface area (Å²) in [4.78, 5) is 13.2. The van der Waals surface area contributed by atoms with Crippen LogP contribution in [-0.2, 0) is 4.74 Å². The Morgan fingerprint density at radius 3 is 2.29 bits per heavy atom. The van der Waals surface area contributed by atoms with Gasteiger partial charge in [0, 0.05) is 23.3 Å². The fraction of sp³-hybridized carbons (Fsp3) is 0.318. The Bertz CT molecular complexity index is 774. The number of hydrogen-bond acceptors (Lipinski definition) is 2. The summed E-state index contributed by atoms with van der Waals surface area (Å²) in [7, 11) is 0. The molecule has 0 spiro atoms. The predicted octanol–water partition coefficient (Wildman–Crippen LogP) is 4.63. The zero-order valence-electron chi connectivity index (χ0n) is 14.1. The minimum Gasteiger partial charge on any atom is -0.371 e. The Hall–Kier alpha value is -2.19. The fourth-order valence-electron chi connectivity index (χ4n) is 4.24. The second-order valence-corrected chi connectivity index (χ2v) is 7.24. The van der Waals surface area contributed by atoms with Crippen molar-refractivity contribution in [2.75, 3.05) is 6.61 Å². The van der Waals surface area contributed by atoms with Gasteiger partial charge in [0.25, 0.3) is 0 Å². The second-order valence-electron chi connectivity index (χ2n) is 7.24. The van der Waals surface area contributed by atoms with Crippen molar-refractivity contribution in [2.45, 2.75) is 25.4 Å². The van der Waals surface area contributed by atoms with Crippen molar-refractivity contribution in [2.24, 2.45) is 11.8 Å². The average Bonchev–Trinajstić information content (AvgIpc) is 3.14. The van der Waals surface area contributed by atoms with Gasteiger partial charge in [-0.3, -0.25) is 4.79 Å². The van der Waals surface area contributed by atoms with Gasteiger partial charge in [0.1, 0.15) is 0 Å². The smallest absolute Gasteiger partial charge is 0.170 e. The van der Waals surface area contributed by atoms with E-state index in [1.807, 2.05) is 36.4 Å². The maximum absolute atomic E-state index is 13.2. The maximum Gasteiger partial charge on any atom is 0.170 e. The molecule has 4 rings (SSSR count). The molecule has 2 aromatic carbocycles. The summed E-state index contributed by atoms with van der Waals surface area (Å²) in [6, 6.07) is 20.0. The lowest BCUT2D eigenvalue weighted by molar-refractivity contribution is 0.0454. The third kappa shape index (κ3) is 2.42. The van der Waals surface area contributed by atoms with E-state index in [9.17, 15) is 4.79 Å². The van der Waals surface area contributed by atoms with Gasteiger partial charge in [-0.15, -0.1) is 0 Å². The first-order chi connectivity index (χ1) is 11.6. The maximum atomic E-state index is 13.2. The number of benzene rings is 2. The van der Waals surface area contributed by atoms with E-state index >= 15 is 0 Å². The van der Waals surface area contributed by atoms with Gasteiger partial charge in [0.15, 0.2) is 5.78 Å². The van der Waals surface area contributed by atoms with Crippen LogP contribution in [0.3, 0.4) is 0 Å². The zero-order chi connectivity index (χ0) is 16.7. The Kier molecular flexibility index (Phi) is 3.65. The minimum absolute atomic E-state index is 0.113. The molecular formula is C22H22O2. The summed E-state index contributed by atoms with van der Waals surface area (Å²) in [6.07, 6.45) is 2.19. The zero-order valence-corrected chi connectivity index (χ0v) is 14.1. The molecule has 3 atom stereocenters. The number of allylic oxidation sites excluding steroid dienone is 1. The highest BCUT2D eigenvalue weighted by Crippen LogP contribution is 2.52. The summed E-state index contributed by atoms with van der Waals surface area (Å²) in [5, 5.41) is 0. The quantitative estimate of drug-likeness (QED) is 0.609. The van der Waals surface area contributed by atoms with Gasteiger partial charge in [-0.05, 0) is 25.0 Å². The molecule has 122 valence electrons. The molecule has 0 unspecified atom stereocenters. The molecule has 2 heteroatoms. The number of fused-ring (bicyclic) bond motifs is 1. The van der Waals surface area contributed by atoms with Crippen LogP contribution in [0.5, 0.6) is 0 Å². The first-order valence-corrected chi connectivity index (χ1v) is 8.58. The number of carbonyl (C=O) groups is 1. The number of hydrogen-bond donors (Lipinski definition) is 0. The third-order valence-corrected chi connectivity index (χ3v) is 5.44. The average molecular weight is 318 g/mol. The monoisotopic (exact) mass is 318 g/mol. The van der Waals surface area contributed by atoms with Crippen LogP contribution < -0.4 is 0 Å². The summed E-state index contributed by atoms with van der Waals surface area (Å²) in [5.41, 5.74) is 3.03. The highest BCUT2D eigenvalue weighted by Gasteiger charge is 2.50. The van der Waals surface area contributed by atoms with Gasteiger partial charge in [-0.25, -0.2) is 0 Å². The van der Waals surface area contributed by atoms with Crippen LogP contribution in [0, 0.1) is 11.8 Å². The largest absolute Gasteiger partial charge is 0.371 e. The van der Waals surface area contributed by atoms with E-state index in [1.165, 1.54) is 11.1 Å². The van der Waals surface area contributed by atoms with E-state index < -0.39 is 0 Å². The number of ketones is 1. The first kappa shape index (κ1) is 15.3. The highest BCUT2D eigenvalue weighted by molar-refractivity contribution is 6.00. The molecule has 0 amide bonds. The molecule has 0 aromatic heterocycles. The lowest BCUT2D eigenvalue weighted by Crippen LogP contribution is -2.23. The Morgan fingerprint density at radius 2 is 1.62 bits per heavy atom. The lowest BCUT2D eigenvalue weighted by atomic mass is 9.78. The van der Waals surface area contributed by atoms with Crippen LogP contribution in [0.4, 0.5) is 0 Å². The number of ether oxygens (including phenoxy) is 1. The standard InChI is InChI=1S/C22H22O2/c1-22(2)19-13-17(21(23)16-11-7-4-8-12-16)20(18(19)14-24-22)15-9-5-3-6-10-15/h3-13,17-18,20H,14H2,1-2H3/t17-,18+,20+/m1/s1. The molecule has 0 bridgehead atoms. The van der Waals surface area contributed by atoms with E-state index in [2.05, 4.69) is 44.2 Å². The van der Waals surface area contributed by atoms with Crippen molar-refractivity contribution in [1.29, 1.82) is 0 Å². The highest BCUT2D eigenvalue weighted by atomic mass is 16.5. The van der Waals surface area contributed by atoms with Crippen LogP contribution in [0.1, 0.15) is 35.7 Å².